The summed E-state index contributed by atoms with van der Waals surface area (Å²) in [6.45, 7) is 24.2. The number of benzene rings is 9. The largest absolute Gasteiger partial charge is 0.509 e. The van der Waals surface area contributed by atoms with Crippen LogP contribution in [0.15, 0.2) is 206 Å². The van der Waals surface area contributed by atoms with E-state index in [9.17, 15) is 2.74 Å². The van der Waals surface area contributed by atoms with Crippen molar-refractivity contribution in [1.29, 1.82) is 0 Å². The Bertz CT molecular complexity index is 4320. The molecule has 11 aromatic rings. The molecule has 0 bridgehead atoms. The molecule has 6 heteroatoms. The Kier molecular flexibility index (Phi) is 13.6. The van der Waals surface area contributed by atoms with Gasteiger partial charge in [0.2, 0.25) is 0 Å². The van der Waals surface area contributed by atoms with Gasteiger partial charge >= 0.3 is 0 Å². The van der Waals surface area contributed by atoms with Crippen LogP contribution in [0.2, 0.25) is 0 Å². The normalized spacial score (nSPS) is 15.1. The van der Waals surface area contributed by atoms with Crippen molar-refractivity contribution in [3.8, 4) is 61.8 Å². The van der Waals surface area contributed by atoms with E-state index in [1.165, 1.54) is 27.8 Å². The summed E-state index contributed by atoms with van der Waals surface area (Å²) in [5, 5.41) is 2.06. The Morgan fingerprint density at radius 2 is 1.13 bits per heavy atom. The fourth-order valence-electron chi connectivity index (χ4n) is 12.3. The van der Waals surface area contributed by atoms with Gasteiger partial charge in [-0.05, 0) is 121 Å². The quantitative estimate of drug-likeness (QED) is 0.128. The molecule has 1 aliphatic heterocycles. The molecule has 5 nitrogen and oxygen atoms in total. The van der Waals surface area contributed by atoms with Crippen molar-refractivity contribution in [3.05, 3.63) is 247 Å². The zero-order valence-electron chi connectivity index (χ0n) is 51.1. The van der Waals surface area contributed by atoms with Crippen molar-refractivity contribution in [2.75, 3.05) is 9.80 Å². The minimum absolute atomic E-state index is 0. The van der Waals surface area contributed by atoms with Crippen molar-refractivity contribution in [1.82, 2.24) is 9.55 Å². The van der Waals surface area contributed by atoms with Crippen LogP contribution in [-0.4, -0.2) is 9.55 Å². The SMILES string of the molecule is [2H]C([2H])(c1cc(-n2c3[c-]c(Oc4[c-]c(N5[CH-]N(c6c(-c7ccccc7)cccc6-c6ccc(-c7ccccc7)cc6)c6ccccc65)ccc4)ccc3c3cc(C(C)(C)C)ccc32)ncc1-c1ccc2c(c1)C(C)(C)CCC2(C)C)C(C)(C)C.[Pt]. The van der Waals surface area contributed by atoms with Gasteiger partial charge in [-0.1, -0.05) is 220 Å². The van der Waals surface area contributed by atoms with E-state index in [-0.39, 0.29) is 37.3 Å². The molecule has 2 aliphatic rings. The molecule has 0 radical (unpaired) electrons. The standard InChI is InChI=1S/C77H71N4O.Pt/c1-74(2,3)48-56-44-72(78-49-65(56)55-35-39-66-67(43-55)77(9,10)42-41-76(66,7)8)81-68-40-36-57(75(4,5)6)45-64(68)63-38-37-60(47-71(63)81)82-59-26-19-25-58(46-59)79-50-80(70-30-18-17-29-69(70)79)73-61(53-23-15-12-16-24-53)27-20-28-62(73)54-33-31-52(32-34-54)51-21-13-11-14-22-51;/h11-40,43-45,49-50H,41-42,48H2,1-10H3;/q-3;/i48D2;. The van der Waals surface area contributed by atoms with Crippen LogP contribution in [0.3, 0.4) is 0 Å². The fourth-order valence-corrected chi connectivity index (χ4v) is 12.3. The van der Waals surface area contributed by atoms with Crippen molar-refractivity contribution < 1.29 is 28.5 Å². The predicted octanol–water partition coefficient (Wildman–Crippen LogP) is 20.9. The van der Waals surface area contributed by atoms with Crippen molar-refractivity contribution in [2.24, 2.45) is 5.41 Å². The summed E-state index contributed by atoms with van der Waals surface area (Å²) < 4.78 is 28.9. The number of pyridine rings is 1. The van der Waals surface area contributed by atoms with Crippen LogP contribution in [0.4, 0.5) is 22.7 Å². The second-order valence-electron chi connectivity index (χ2n) is 25.8. The van der Waals surface area contributed by atoms with Gasteiger partial charge < -0.3 is 19.1 Å². The molecule has 418 valence electrons. The van der Waals surface area contributed by atoms with E-state index >= 15 is 0 Å². The summed E-state index contributed by atoms with van der Waals surface area (Å²) in [6, 6.07) is 78.1. The monoisotopic (exact) mass is 1260 g/mol. The van der Waals surface area contributed by atoms with Crippen LogP contribution in [0.25, 0.3) is 72.1 Å². The van der Waals surface area contributed by atoms with E-state index in [1.807, 2.05) is 51.2 Å². The number of nitrogens with zero attached hydrogens (tertiary/aromatic N) is 4. The minimum atomic E-state index is -1.74. The van der Waals surface area contributed by atoms with Crippen LogP contribution in [0, 0.1) is 24.2 Å². The molecular weight excluding hydrogens is 1190 g/mol. The number of fused-ring (bicyclic) bond motifs is 5. The van der Waals surface area contributed by atoms with Crippen LogP contribution in [0.5, 0.6) is 11.5 Å². The number of anilines is 4. The predicted molar refractivity (Wildman–Crippen MR) is 343 cm³/mol. The van der Waals surface area contributed by atoms with Crippen LogP contribution < -0.4 is 14.5 Å². The van der Waals surface area contributed by atoms with E-state index < -0.39 is 11.8 Å². The van der Waals surface area contributed by atoms with Gasteiger partial charge in [0, 0.05) is 80.8 Å². The first-order chi connectivity index (χ1) is 40.1. The number of ether oxygens (including phenoxy) is 1. The second-order valence-corrected chi connectivity index (χ2v) is 25.8. The average Bonchev–Trinajstić information content (AvgIpc) is 1.84. The Morgan fingerprint density at radius 3 is 1.82 bits per heavy atom. The topological polar surface area (TPSA) is 33.5 Å². The molecule has 0 saturated carbocycles. The summed E-state index contributed by atoms with van der Waals surface area (Å²) in [5.41, 5.74) is 18.0. The number of hydrogen-bond acceptors (Lipinski definition) is 4. The Hall–Kier alpha value is -7.98. The maximum Gasteiger partial charge on any atom is 0.135 e. The third-order valence-corrected chi connectivity index (χ3v) is 16.8. The fraction of sp³-hybridized carbons (Fsp3) is 0.221. The smallest absolute Gasteiger partial charge is 0.135 e. The van der Waals surface area contributed by atoms with E-state index in [1.54, 1.807) is 0 Å². The minimum Gasteiger partial charge on any atom is -0.509 e. The third-order valence-electron chi connectivity index (χ3n) is 16.8. The van der Waals surface area contributed by atoms with Gasteiger partial charge in [0.25, 0.3) is 0 Å². The summed E-state index contributed by atoms with van der Waals surface area (Å²) in [6.07, 6.45) is 2.37. The Morgan fingerprint density at radius 1 is 0.542 bits per heavy atom. The summed E-state index contributed by atoms with van der Waals surface area (Å²) >= 11 is 0. The molecule has 0 N–H and O–H groups in total. The summed E-state index contributed by atoms with van der Waals surface area (Å²) in [7, 11) is 0. The second kappa shape index (κ2) is 21.3. The van der Waals surface area contributed by atoms with Gasteiger partial charge in [0.05, 0.1) is 0 Å². The first kappa shape index (κ1) is 53.1. The molecule has 2 aromatic heterocycles. The Balaban J connectivity index is 0.00000709. The van der Waals surface area contributed by atoms with Crippen molar-refractivity contribution >= 4 is 44.6 Å². The van der Waals surface area contributed by atoms with Crippen LogP contribution in [0.1, 0.15) is 107 Å². The van der Waals surface area contributed by atoms with E-state index in [2.05, 4.69) is 258 Å². The zero-order valence-corrected chi connectivity index (χ0v) is 51.4. The number of rotatable bonds is 10. The molecular formula is C77H71N4OPt-3. The van der Waals surface area contributed by atoms with Crippen LogP contribution >= 0.6 is 0 Å². The molecule has 9 aromatic carbocycles. The van der Waals surface area contributed by atoms with Gasteiger partial charge in [-0.25, -0.2) is 4.98 Å². The molecule has 1 aliphatic carbocycles. The van der Waals surface area contributed by atoms with Crippen molar-refractivity contribution in [2.45, 2.75) is 105 Å². The molecule has 0 saturated heterocycles. The zero-order chi connectivity index (χ0) is 58.5. The molecule has 0 spiro atoms. The summed E-state index contributed by atoms with van der Waals surface area (Å²) in [4.78, 5) is 9.81. The maximum atomic E-state index is 9.93. The molecule has 0 unspecified atom stereocenters. The Labute approximate surface area is 508 Å². The van der Waals surface area contributed by atoms with Gasteiger partial charge in [-0.15, -0.1) is 48.1 Å². The van der Waals surface area contributed by atoms with Crippen LogP contribution in [-0.2, 0) is 43.7 Å². The maximum absolute atomic E-state index is 9.93. The average molecular weight is 1270 g/mol. The first-order valence-electron chi connectivity index (χ1n) is 29.9. The molecule has 0 fully saturated rings. The van der Waals surface area contributed by atoms with E-state index in [4.69, 9.17) is 9.72 Å². The molecule has 0 amide bonds. The number of hydrogen-bond donors (Lipinski definition) is 0. The molecule has 0 atom stereocenters. The molecule has 83 heavy (non-hydrogen) atoms. The first-order valence-corrected chi connectivity index (χ1v) is 28.9. The van der Waals surface area contributed by atoms with Crippen molar-refractivity contribution in [3.63, 3.8) is 0 Å². The summed E-state index contributed by atoms with van der Waals surface area (Å²) in [5.74, 6) is 1.67. The van der Waals surface area contributed by atoms with Gasteiger partial charge in [-0.3, -0.25) is 0 Å². The number of para-hydroxylation sites is 3. The van der Waals surface area contributed by atoms with Gasteiger partial charge in [0.1, 0.15) is 5.82 Å². The van der Waals surface area contributed by atoms with Gasteiger partial charge in [0.15, 0.2) is 0 Å². The van der Waals surface area contributed by atoms with E-state index in [0.717, 1.165) is 90.8 Å². The third kappa shape index (κ3) is 10.5. The number of aromatic nitrogens is 2. The molecule has 3 heterocycles. The molecule has 13 rings (SSSR count). The van der Waals surface area contributed by atoms with Gasteiger partial charge in [-0.2, -0.15) is 12.1 Å². The van der Waals surface area contributed by atoms with E-state index in [0.29, 0.717) is 22.9 Å².